The lowest BCUT2D eigenvalue weighted by molar-refractivity contribution is -0.131. The average Bonchev–Trinajstić information content (AvgIpc) is 3.39. The first-order valence-electron chi connectivity index (χ1n) is 14.0. The van der Waals surface area contributed by atoms with Gasteiger partial charge in [0.05, 0.1) is 31.0 Å². The van der Waals surface area contributed by atoms with Gasteiger partial charge in [0.25, 0.3) is 6.43 Å². The van der Waals surface area contributed by atoms with Crippen LogP contribution in [-0.4, -0.2) is 91.9 Å². The lowest BCUT2D eigenvalue weighted by Crippen LogP contribution is -2.49. The quantitative estimate of drug-likeness (QED) is 0.224. The van der Waals surface area contributed by atoms with Gasteiger partial charge in [-0.2, -0.15) is 0 Å². The number of nitrogens with two attached hydrogens (primary N) is 1. The van der Waals surface area contributed by atoms with Crippen molar-refractivity contribution in [3.05, 3.63) is 53.8 Å². The van der Waals surface area contributed by atoms with Gasteiger partial charge in [0.2, 0.25) is 11.8 Å². The molecule has 0 saturated carbocycles. The highest BCUT2D eigenvalue weighted by atomic mass is 32.1. The van der Waals surface area contributed by atoms with Crippen molar-refractivity contribution in [3.63, 3.8) is 0 Å². The van der Waals surface area contributed by atoms with Gasteiger partial charge >= 0.3 is 6.09 Å². The van der Waals surface area contributed by atoms with E-state index in [1.807, 2.05) is 4.90 Å². The second kappa shape index (κ2) is 14.9. The highest BCUT2D eigenvalue weighted by Crippen LogP contribution is 2.28. The molecule has 4 rings (SSSR count). The van der Waals surface area contributed by atoms with E-state index in [0.29, 0.717) is 49.5 Å². The number of thiocarbonyl (C=S) groups is 1. The van der Waals surface area contributed by atoms with E-state index >= 15 is 4.39 Å². The zero-order valence-electron chi connectivity index (χ0n) is 23.8. The molecule has 4 N–H and O–H groups in total. The van der Waals surface area contributed by atoms with Crippen molar-refractivity contribution in [3.8, 4) is 0 Å². The molecule has 44 heavy (non-hydrogen) atoms. The number of ketones is 1. The average molecular weight is 635 g/mol. The second-order valence-electron chi connectivity index (χ2n) is 10.3. The Kier molecular flexibility index (Phi) is 11.0. The molecule has 11 nitrogen and oxygen atoms in total. The van der Waals surface area contributed by atoms with E-state index in [1.165, 1.54) is 11.0 Å². The number of Topliss-reactive ketones (excluding diaryl/α,β-unsaturated/α-hetero) is 1. The number of primary amides is 1. The SMILES string of the molecule is NC(=O)CNc1ccc(C(=O)CCCC(=O)N2CCN(c3ccc(N4C[C@H](CNC(=S)C(F)F)OC4=O)cc3F)CC2)cc1. The van der Waals surface area contributed by atoms with Crippen LogP contribution in [0.5, 0.6) is 0 Å². The summed E-state index contributed by atoms with van der Waals surface area (Å²) < 4.78 is 45.5. The van der Waals surface area contributed by atoms with Crippen LogP contribution < -0.4 is 26.2 Å². The molecule has 2 aromatic rings. The predicted octanol–water partition coefficient (Wildman–Crippen LogP) is 2.93. The molecule has 2 heterocycles. The van der Waals surface area contributed by atoms with Crippen LogP contribution in [-0.2, 0) is 14.3 Å². The summed E-state index contributed by atoms with van der Waals surface area (Å²) in [6.07, 6.45) is -3.44. The molecule has 3 amide bonds. The highest BCUT2D eigenvalue weighted by Gasteiger charge is 2.33. The third-order valence-electron chi connectivity index (χ3n) is 7.26. The van der Waals surface area contributed by atoms with Crippen molar-refractivity contribution in [1.29, 1.82) is 0 Å². The maximum Gasteiger partial charge on any atom is 0.414 e. The molecule has 1 atom stereocenters. The monoisotopic (exact) mass is 634 g/mol. The second-order valence-corrected chi connectivity index (χ2v) is 10.8. The van der Waals surface area contributed by atoms with Gasteiger partial charge in [0, 0.05) is 50.3 Å². The Morgan fingerprint density at radius 1 is 1.05 bits per heavy atom. The van der Waals surface area contributed by atoms with E-state index in [9.17, 15) is 28.0 Å². The van der Waals surface area contributed by atoms with Gasteiger partial charge in [-0.05, 0) is 48.9 Å². The Bertz CT molecular complexity index is 1390. The molecule has 2 fully saturated rings. The lowest BCUT2D eigenvalue weighted by atomic mass is 10.0. The molecular weight excluding hydrogens is 601 g/mol. The van der Waals surface area contributed by atoms with Crippen LogP contribution in [0.1, 0.15) is 29.6 Å². The number of amides is 3. The number of hydrogen-bond acceptors (Lipinski definition) is 8. The van der Waals surface area contributed by atoms with Gasteiger partial charge in [-0.15, -0.1) is 0 Å². The summed E-state index contributed by atoms with van der Waals surface area (Å²) in [6.45, 7) is 1.54. The minimum Gasteiger partial charge on any atom is -0.442 e. The molecular formula is C29H33F3N6O5S. The number of benzene rings is 2. The van der Waals surface area contributed by atoms with Crippen LogP contribution in [0.2, 0.25) is 0 Å². The molecule has 0 aliphatic carbocycles. The Morgan fingerprint density at radius 2 is 1.75 bits per heavy atom. The van der Waals surface area contributed by atoms with Gasteiger partial charge in [0.1, 0.15) is 16.9 Å². The number of alkyl halides is 2. The number of halogens is 3. The molecule has 2 aromatic carbocycles. The molecule has 0 spiro atoms. The number of nitrogens with one attached hydrogen (secondary N) is 2. The van der Waals surface area contributed by atoms with Gasteiger partial charge in [-0.25, -0.2) is 18.0 Å². The zero-order chi connectivity index (χ0) is 31.8. The van der Waals surface area contributed by atoms with Gasteiger partial charge in [0.15, 0.2) is 5.78 Å². The number of ether oxygens (including phenoxy) is 1. The van der Waals surface area contributed by atoms with Crippen molar-refractivity contribution in [1.82, 2.24) is 10.2 Å². The normalized spacial score (nSPS) is 16.6. The summed E-state index contributed by atoms with van der Waals surface area (Å²) in [5.74, 6) is -1.21. The summed E-state index contributed by atoms with van der Waals surface area (Å²) in [5, 5.41) is 5.21. The van der Waals surface area contributed by atoms with Crippen LogP contribution in [0.3, 0.4) is 0 Å². The van der Waals surface area contributed by atoms with Crippen molar-refractivity contribution in [2.45, 2.75) is 31.8 Å². The number of cyclic esters (lactones) is 1. The fourth-order valence-electron chi connectivity index (χ4n) is 4.91. The smallest absolute Gasteiger partial charge is 0.414 e. The van der Waals surface area contributed by atoms with Crippen molar-refractivity contribution >= 4 is 58.0 Å². The molecule has 0 bridgehead atoms. The first kappa shape index (κ1) is 32.5. The van der Waals surface area contributed by atoms with Crippen molar-refractivity contribution < 1.29 is 37.1 Å². The first-order chi connectivity index (χ1) is 21.0. The third-order valence-corrected chi connectivity index (χ3v) is 7.58. The highest BCUT2D eigenvalue weighted by molar-refractivity contribution is 7.80. The van der Waals surface area contributed by atoms with Gasteiger partial charge < -0.3 is 30.9 Å². The third kappa shape index (κ3) is 8.58. The van der Waals surface area contributed by atoms with Crippen molar-refractivity contribution in [2.75, 3.05) is 60.9 Å². The minimum absolute atomic E-state index is 0.00695. The molecule has 236 valence electrons. The summed E-state index contributed by atoms with van der Waals surface area (Å²) in [7, 11) is 0. The summed E-state index contributed by atoms with van der Waals surface area (Å²) >= 11 is 4.52. The number of anilines is 3. The largest absolute Gasteiger partial charge is 0.442 e. The Morgan fingerprint density at radius 3 is 2.39 bits per heavy atom. The standard InChI is InChI=1S/C29H33F3N6O5S/c30-22-14-20(38-17-21(43-29(38)42)15-35-28(44)27(31)32)8-9-23(22)36-10-12-37(13-11-36)26(41)3-1-2-24(39)18-4-6-19(7-5-18)34-16-25(33)40/h4-9,14,21,27,34H,1-3,10-13,15-17H2,(H2,33,40)(H,35,44)/t21-/m0/s1. The van der Waals surface area contributed by atoms with Crippen LogP contribution in [0.15, 0.2) is 42.5 Å². The van der Waals surface area contributed by atoms with E-state index in [2.05, 4.69) is 22.9 Å². The minimum atomic E-state index is -2.81. The fourth-order valence-corrected chi connectivity index (χ4v) is 5.00. The predicted molar refractivity (Wildman–Crippen MR) is 162 cm³/mol. The van der Waals surface area contributed by atoms with Crippen molar-refractivity contribution in [2.24, 2.45) is 5.73 Å². The van der Waals surface area contributed by atoms with Gasteiger partial charge in [-0.1, -0.05) is 12.2 Å². The molecule has 0 radical (unpaired) electrons. The number of hydrogen-bond donors (Lipinski definition) is 3. The van der Waals surface area contributed by atoms with Crippen LogP contribution in [0.4, 0.5) is 35.0 Å². The Hall–Kier alpha value is -4.40. The Balaban J connectivity index is 1.20. The van der Waals surface area contributed by atoms with E-state index in [-0.39, 0.29) is 49.9 Å². The van der Waals surface area contributed by atoms with E-state index in [4.69, 9.17) is 10.5 Å². The summed E-state index contributed by atoms with van der Waals surface area (Å²) in [4.78, 5) is 52.5. The maximum atomic E-state index is 15.1. The van der Waals surface area contributed by atoms with E-state index in [1.54, 1.807) is 41.3 Å². The molecule has 0 unspecified atom stereocenters. The molecule has 0 aromatic heterocycles. The molecule has 2 aliphatic heterocycles. The van der Waals surface area contributed by atoms with Crippen LogP contribution >= 0.6 is 12.2 Å². The number of nitrogens with zero attached hydrogens (tertiary/aromatic N) is 3. The molecule has 2 saturated heterocycles. The molecule has 2 aliphatic rings. The number of rotatable bonds is 13. The number of carbonyl (C=O) groups excluding carboxylic acids is 4. The van der Waals surface area contributed by atoms with E-state index in [0.717, 1.165) is 0 Å². The summed E-state index contributed by atoms with van der Waals surface area (Å²) in [6, 6.07) is 11.0. The molecule has 15 heteroatoms. The van der Waals surface area contributed by atoms with Crippen LogP contribution in [0, 0.1) is 5.82 Å². The topological polar surface area (TPSA) is 137 Å². The fraction of sp³-hybridized carbons (Fsp3) is 0.414. The Labute approximate surface area is 257 Å². The lowest BCUT2D eigenvalue weighted by Gasteiger charge is -2.36. The number of carbonyl (C=O) groups is 4. The first-order valence-corrected chi connectivity index (χ1v) is 14.4. The van der Waals surface area contributed by atoms with Crippen LogP contribution in [0.25, 0.3) is 0 Å². The summed E-state index contributed by atoms with van der Waals surface area (Å²) in [5.41, 5.74) is 6.88. The zero-order valence-corrected chi connectivity index (χ0v) is 24.6. The van der Waals surface area contributed by atoms with Gasteiger partial charge in [-0.3, -0.25) is 19.3 Å². The van der Waals surface area contributed by atoms with E-state index < -0.39 is 35.3 Å². The number of piperazine rings is 1. The maximum absolute atomic E-state index is 15.1.